The fourth-order valence-corrected chi connectivity index (χ4v) is 6.29. The number of sulfonamides is 1. The minimum Gasteiger partial charge on any atom is -0.487 e. The van der Waals surface area contributed by atoms with Crippen LogP contribution in [0.1, 0.15) is 44.7 Å². The van der Waals surface area contributed by atoms with E-state index < -0.39 is 10.0 Å². The highest BCUT2D eigenvalue weighted by molar-refractivity contribution is 9.10. The normalized spacial score (nSPS) is 16.6. The molecule has 0 fully saturated rings. The van der Waals surface area contributed by atoms with Crippen LogP contribution in [0, 0.1) is 0 Å². The molecule has 4 rings (SSSR count). The Bertz CT molecular complexity index is 1290. The van der Waals surface area contributed by atoms with Crippen molar-refractivity contribution >= 4 is 37.5 Å². The SMILES string of the molecule is CCC1(CC)CC(NC(=O)CN(c2cccc(Br)c2)S(=O)(=O)c2ccccc2)c2ccccc2O1. The van der Waals surface area contributed by atoms with Crippen molar-refractivity contribution in [3.63, 3.8) is 0 Å². The average molecular weight is 558 g/mol. The van der Waals surface area contributed by atoms with Gasteiger partial charge in [-0.15, -0.1) is 0 Å². The third kappa shape index (κ3) is 5.38. The molecule has 0 spiro atoms. The van der Waals surface area contributed by atoms with E-state index in [9.17, 15) is 13.2 Å². The number of fused-ring (bicyclic) bond motifs is 1. The number of ether oxygens (including phenoxy) is 1. The first-order chi connectivity index (χ1) is 16.8. The van der Waals surface area contributed by atoms with Crippen LogP contribution in [0.5, 0.6) is 5.75 Å². The standard InChI is InChI=1S/C27H29BrN2O4S/c1-3-27(4-2)18-24(23-15-8-9-16-25(23)34-27)29-26(31)19-30(21-12-10-11-20(28)17-21)35(32,33)22-13-6-5-7-14-22/h5-17,24H,3-4,18-19H2,1-2H3,(H,29,31). The molecule has 0 saturated heterocycles. The van der Waals surface area contributed by atoms with Crippen molar-refractivity contribution in [2.75, 3.05) is 10.8 Å². The Balaban J connectivity index is 1.65. The monoisotopic (exact) mass is 556 g/mol. The molecule has 8 heteroatoms. The second-order valence-corrected chi connectivity index (χ2v) is 11.4. The van der Waals surface area contributed by atoms with Gasteiger partial charge in [0.25, 0.3) is 10.0 Å². The second kappa shape index (κ2) is 10.4. The first kappa shape index (κ1) is 25.3. The lowest BCUT2D eigenvalue weighted by atomic mass is 9.83. The number of amides is 1. The predicted octanol–water partition coefficient (Wildman–Crippen LogP) is 5.84. The van der Waals surface area contributed by atoms with Gasteiger partial charge in [0.15, 0.2) is 0 Å². The number of benzene rings is 3. The molecule has 1 amide bonds. The smallest absolute Gasteiger partial charge is 0.264 e. The summed E-state index contributed by atoms with van der Waals surface area (Å²) in [5.41, 5.74) is 0.923. The number of hydrogen-bond acceptors (Lipinski definition) is 4. The number of anilines is 1. The third-order valence-corrected chi connectivity index (χ3v) is 8.82. The Kier molecular flexibility index (Phi) is 7.52. The van der Waals surface area contributed by atoms with Gasteiger partial charge in [-0.3, -0.25) is 9.10 Å². The van der Waals surface area contributed by atoms with Gasteiger partial charge in [0.2, 0.25) is 5.91 Å². The van der Waals surface area contributed by atoms with Gasteiger partial charge < -0.3 is 10.1 Å². The van der Waals surface area contributed by atoms with E-state index in [1.807, 2.05) is 30.3 Å². The van der Waals surface area contributed by atoms with E-state index in [1.54, 1.807) is 36.4 Å². The molecule has 1 N–H and O–H groups in total. The van der Waals surface area contributed by atoms with Crippen LogP contribution in [0.4, 0.5) is 5.69 Å². The first-order valence-corrected chi connectivity index (χ1v) is 13.9. The molecular formula is C27H29BrN2O4S. The number of nitrogens with one attached hydrogen (secondary N) is 1. The molecule has 0 aromatic heterocycles. The largest absolute Gasteiger partial charge is 0.487 e. The van der Waals surface area contributed by atoms with Crippen molar-refractivity contribution in [1.29, 1.82) is 0 Å². The summed E-state index contributed by atoms with van der Waals surface area (Å²) >= 11 is 3.41. The number of hydrogen-bond donors (Lipinski definition) is 1. The van der Waals surface area contributed by atoms with Gasteiger partial charge in [-0.1, -0.05) is 72.2 Å². The van der Waals surface area contributed by atoms with Crippen LogP contribution in [0.25, 0.3) is 0 Å². The number of carbonyl (C=O) groups excluding carboxylic acids is 1. The van der Waals surface area contributed by atoms with Crippen LogP contribution < -0.4 is 14.4 Å². The highest BCUT2D eigenvalue weighted by Crippen LogP contribution is 2.42. The summed E-state index contributed by atoms with van der Waals surface area (Å²) < 4.78 is 35.4. The number of para-hydroxylation sites is 1. The second-order valence-electron chi connectivity index (χ2n) is 8.66. The van der Waals surface area contributed by atoms with E-state index in [2.05, 4.69) is 35.1 Å². The number of halogens is 1. The van der Waals surface area contributed by atoms with E-state index in [1.165, 1.54) is 12.1 Å². The molecule has 0 saturated carbocycles. The van der Waals surface area contributed by atoms with Crippen molar-refractivity contribution in [1.82, 2.24) is 5.32 Å². The van der Waals surface area contributed by atoms with Crippen LogP contribution in [0.2, 0.25) is 0 Å². The quantitative estimate of drug-likeness (QED) is 0.378. The van der Waals surface area contributed by atoms with Crippen molar-refractivity contribution in [3.05, 3.63) is 88.9 Å². The van der Waals surface area contributed by atoms with Gasteiger partial charge in [-0.05, 0) is 49.2 Å². The van der Waals surface area contributed by atoms with Gasteiger partial charge >= 0.3 is 0 Å². The maximum absolute atomic E-state index is 13.6. The Morgan fingerprint density at radius 2 is 1.71 bits per heavy atom. The molecule has 1 heterocycles. The minimum atomic E-state index is -3.97. The Morgan fingerprint density at radius 1 is 1.03 bits per heavy atom. The van der Waals surface area contributed by atoms with Crippen molar-refractivity contribution in [2.45, 2.75) is 49.6 Å². The molecule has 1 aliphatic heterocycles. The van der Waals surface area contributed by atoms with Gasteiger partial charge in [-0.25, -0.2) is 8.42 Å². The summed E-state index contributed by atoms with van der Waals surface area (Å²) in [5, 5.41) is 3.10. The lowest BCUT2D eigenvalue weighted by molar-refractivity contribution is -0.121. The molecule has 184 valence electrons. The van der Waals surface area contributed by atoms with E-state index in [0.717, 1.165) is 32.9 Å². The van der Waals surface area contributed by atoms with E-state index in [4.69, 9.17) is 4.74 Å². The molecule has 1 aliphatic rings. The highest BCUT2D eigenvalue weighted by Gasteiger charge is 2.39. The highest BCUT2D eigenvalue weighted by atomic mass is 79.9. The maximum atomic E-state index is 13.6. The molecule has 0 bridgehead atoms. The van der Waals surface area contributed by atoms with Gasteiger partial charge in [0.1, 0.15) is 17.9 Å². The van der Waals surface area contributed by atoms with Gasteiger partial charge in [0, 0.05) is 16.5 Å². The Morgan fingerprint density at radius 3 is 2.40 bits per heavy atom. The Labute approximate surface area is 215 Å². The van der Waals surface area contributed by atoms with Crippen LogP contribution in [-0.2, 0) is 14.8 Å². The Hall–Kier alpha value is -2.84. The van der Waals surface area contributed by atoms with Crippen molar-refractivity contribution in [3.8, 4) is 5.75 Å². The van der Waals surface area contributed by atoms with Crippen molar-refractivity contribution < 1.29 is 17.9 Å². The first-order valence-electron chi connectivity index (χ1n) is 11.7. The molecule has 1 unspecified atom stereocenters. The summed E-state index contributed by atoms with van der Waals surface area (Å²) in [6.07, 6.45) is 2.22. The summed E-state index contributed by atoms with van der Waals surface area (Å²) in [4.78, 5) is 13.5. The zero-order valence-electron chi connectivity index (χ0n) is 19.8. The molecule has 3 aromatic carbocycles. The summed E-state index contributed by atoms with van der Waals surface area (Å²) in [7, 11) is -3.97. The summed E-state index contributed by atoms with van der Waals surface area (Å²) in [6, 6.07) is 22.5. The fourth-order valence-electron chi connectivity index (χ4n) is 4.47. The number of rotatable bonds is 8. The molecule has 0 radical (unpaired) electrons. The van der Waals surface area contributed by atoms with Crippen LogP contribution in [-0.4, -0.2) is 26.5 Å². The van der Waals surface area contributed by atoms with Gasteiger partial charge in [0.05, 0.1) is 16.6 Å². The lowest BCUT2D eigenvalue weighted by Crippen LogP contribution is -2.47. The van der Waals surface area contributed by atoms with E-state index >= 15 is 0 Å². The topological polar surface area (TPSA) is 75.7 Å². The lowest BCUT2D eigenvalue weighted by Gasteiger charge is -2.41. The molecule has 6 nitrogen and oxygen atoms in total. The van der Waals surface area contributed by atoms with Crippen LogP contribution in [0.15, 0.2) is 88.2 Å². The molecule has 0 aliphatic carbocycles. The summed E-state index contributed by atoms with van der Waals surface area (Å²) in [5.74, 6) is 0.376. The van der Waals surface area contributed by atoms with E-state index in [-0.39, 0.29) is 29.0 Å². The molecule has 3 aromatic rings. The molecular weight excluding hydrogens is 528 g/mol. The van der Waals surface area contributed by atoms with E-state index in [0.29, 0.717) is 12.1 Å². The van der Waals surface area contributed by atoms with Crippen LogP contribution >= 0.6 is 15.9 Å². The average Bonchev–Trinajstić information content (AvgIpc) is 2.87. The fraction of sp³-hybridized carbons (Fsp3) is 0.296. The van der Waals surface area contributed by atoms with Crippen LogP contribution in [0.3, 0.4) is 0 Å². The predicted molar refractivity (Wildman–Crippen MR) is 141 cm³/mol. The molecule has 1 atom stereocenters. The zero-order valence-corrected chi connectivity index (χ0v) is 22.2. The maximum Gasteiger partial charge on any atom is 0.264 e. The summed E-state index contributed by atoms with van der Waals surface area (Å²) in [6.45, 7) is 3.81. The minimum absolute atomic E-state index is 0.125. The van der Waals surface area contributed by atoms with Gasteiger partial charge in [-0.2, -0.15) is 0 Å². The van der Waals surface area contributed by atoms with Crippen molar-refractivity contribution in [2.24, 2.45) is 0 Å². The zero-order chi connectivity index (χ0) is 25.1. The third-order valence-electron chi connectivity index (χ3n) is 6.54. The molecule has 35 heavy (non-hydrogen) atoms. The number of carbonyl (C=O) groups is 1. The number of nitrogens with zero attached hydrogens (tertiary/aromatic N) is 1.